The zero-order valence-corrected chi connectivity index (χ0v) is 12.9. The Morgan fingerprint density at radius 1 is 1.19 bits per heavy atom. The number of carbonyl (C=O) groups excluding carboxylic acids is 2. The molecule has 1 amide bonds. The van der Waals surface area contributed by atoms with Crippen LogP contribution in [0.2, 0.25) is 0 Å². The van der Waals surface area contributed by atoms with Crippen LogP contribution in [0.4, 0.5) is 0 Å². The van der Waals surface area contributed by atoms with E-state index in [0.29, 0.717) is 23.1 Å². The second-order valence-electron chi connectivity index (χ2n) is 5.94. The number of esters is 1. The van der Waals surface area contributed by atoms with Crippen molar-refractivity contribution in [2.24, 2.45) is 11.8 Å². The fraction of sp³-hybridized carbons (Fsp3) is 0.529. The highest BCUT2D eigenvalue weighted by Gasteiger charge is 2.29. The standard InChI is InChI=1S/C17H23NO3/c1-11-7-6-9-15(12(11)2)18-17(20)14-8-4-5-10-16(14)21-13(3)19/h4-5,8,10-12,15H,6-7,9H2,1-3H3,(H,18,20). The number of para-hydroxylation sites is 1. The molecule has 21 heavy (non-hydrogen) atoms. The van der Waals surface area contributed by atoms with Crippen LogP contribution in [0.1, 0.15) is 50.4 Å². The van der Waals surface area contributed by atoms with E-state index in [2.05, 4.69) is 19.2 Å². The molecule has 114 valence electrons. The van der Waals surface area contributed by atoms with Crippen LogP contribution >= 0.6 is 0 Å². The third-order valence-corrected chi connectivity index (χ3v) is 4.41. The van der Waals surface area contributed by atoms with Gasteiger partial charge in [-0.05, 0) is 30.4 Å². The van der Waals surface area contributed by atoms with E-state index in [1.165, 1.54) is 13.3 Å². The summed E-state index contributed by atoms with van der Waals surface area (Å²) in [6, 6.07) is 7.04. The first-order valence-corrected chi connectivity index (χ1v) is 7.57. The molecule has 1 N–H and O–H groups in total. The zero-order chi connectivity index (χ0) is 15.4. The maximum Gasteiger partial charge on any atom is 0.308 e. The van der Waals surface area contributed by atoms with Gasteiger partial charge in [0.1, 0.15) is 5.75 Å². The van der Waals surface area contributed by atoms with Crippen LogP contribution in [0, 0.1) is 11.8 Å². The van der Waals surface area contributed by atoms with Gasteiger partial charge >= 0.3 is 5.97 Å². The Bertz CT molecular complexity index is 527. The lowest BCUT2D eigenvalue weighted by Crippen LogP contribution is -2.43. The molecule has 0 heterocycles. The number of benzene rings is 1. The van der Waals surface area contributed by atoms with Crippen molar-refractivity contribution in [2.75, 3.05) is 0 Å². The first-order chi connectivity index (χ1) is 9.99. The molecule has 1 aliphatic rings. The minimum atomic E-state index is -0.421. The minimum Gasteiger partial charge on any atom is -0.426 e. The average molecular weight is 289 g/mol. The Morgan fingerprint density at radius 3 is 2.62 bits per heavy atom. The van der Waals surface area contributed by atoms with Crippen LogP contribution in [0.25, 0.3) is 0 Å². The Morgan fingerprint density at radius 2 is 1.90 bits per heavy atom. The summed E-state index contributed by atoms with van der Waals surface area (Å²) in [5.41, 5.74) is 0.415. The quantitative estimate of drug-likeness (QED) is 0.687. The average Bonchev–Trinajstić information content (AvgIpc) is 2.44. The van der Waals surface area contributed by atoms with E-state index in [-0.39, 0.29) is 11.9 Å². The lowest BCUT2D eigenvalue weighted by Gasteiger charge is -2.34. The maximum atomic E-state index is 12.5. The van der Waals surface area contributed by atoms with Crippen molar-refractivity contribution < 1.29 is 14.3 Å². The number of carbonyl (C=O) groups is 2. The topological polar surface area (TPSA) is 55.4 Å². The van der Waals surface area contributed by atoms with Gasteiger partial charge in [0.2, 0.25) is 0 Å². The summed E-state index contributed by atoms with van der Waals surface area (Å²) in [7, 11) is 0. The largest absolute Gasteiger partial charge is 0.426 e. The Kier molecular flexibility index (Phi) is 4.99. The van der Waals surface area contributed by atoms with Gasteiger partial charge in [-0.2, -0.15) is 0 Å². The number of nitrogens with one attached hydrogen (secondary N) is 1. The highest BCUT2D eigenvalue weighted by molar-refractivity contribution is 5.97. The molecule has 0 saturated heterocycles. The van der Waals surface area contributed by atoms with Gasteiger partial charge in [-0.3, -0.25) is 9.59 Å². The van der Waals surface area contributed by atoms with Crippen molar-refractivity contribution in [1.82, 2.24) is 5.32 Å². The molecule has 0 radical (unpaired) electrons. The van der Waals surface area contributed by atoms with Crippen molar-refractivity contribution in [3.05, 3.63) is 29.8 Å². The molecule has 1 saturated carbocycles. The lowest BCUT2D eigenvalue weighted by atomic mass is 9.78. The molecule has 1 aliphatic carbocycles. The first-order valence-electron chi connectivity index (χ1n) is 7.57. The molecule has 0 aliphatic heterocycles. The normalized spacial score (nSPS) is 25.2. The van der Waals surface area contributed by atoms with Gasteiger partial charge in [-0.1, -0.05) is 38.8 Å². The van der Waals surface area contributed by atoms with Crippen molar-refractivity contribution in [1.29, 1.82) is 0 Å². The third-order valence-electron chi connectivity index (χ3n) is 4.41. The van der Waals surface area contributed by atoms with Gasteiger partial charge in [-0.25, -0.2) is 0 Å². The molecule has 0 bridgehead atoms. The minimum absolute atomic E-state index is 0.169. The summed E-state index contributed by atoms with van der Waals surface area (Å²) in [5.74, 6) is 0.808. The van der Waals surface area contributed by atoms with Gasteiger partial charge < -0.3 is 10.1 Å². The number of hydrogen-bond donors (Lipinski definition) is 1. The van der Waals surface area contributed by atoms with E-state index in [4.69, 9.17) is 4.74 Å². The molecule has 3 unspecified atom stereocenters. The fourth-order valence-corrected chi connectivity index (χ4v) is 2.93. The second kappa shape index (κ2) is 6.74. The summed E-state index contributed by atoms with van der Waals surface area (Å²) in [6.07, 6.45) is 3.37. The van der Waals surface area contributed by atoms with Crippen LogP contribution in [0.3, 0.4) is 0 Å². The van der Waals surface area contributed by atoms with Crippen LogP contribution in [0.5, 0.6) is 5.75 Å². The van der Waals surface area contributed by atoms with E-state index in [9.17, 15) is 9.59 Å². The van der Waals surface area contributed by atoms with E-state index in [1.54, 1.807) is 24.3 Å². The van der Waals surface area contributed by atoms with Crippen molar-refractivity contribution in [3.63, 3.8) is 0 Å². The lowest BCUT2D eigenvalue weighted by molar-refractivity contribution is -0.131. The Hall–Kier alpha value is -1.84. The number of rotatable bonds is 3. The molecular weight excluding hydrogens is 266 g/mol. The third kappa shape index (κ3) is 3.84. The maximum absolute atomic E-state index is 12.5. The molecule has 0 aromatic heterocycles. The van der Waals surface area contributed by atoms with Crippen molar-refractivity contribution in [2.45, 2.75) is 46.1 Å². The fourth-order valence-electron chi connectivity index (χ4n) is 2.93. The van der Waals surface area contributed by atoms with E-state index < -0.39 is 5.97 Å². The summed E-state index contributed by atoms with van der Waals surface area (Å²) in [5, 5.41) is 3.10. The number of hydrogen-bond acceptors (Lipinski definition) is 3. The van der Waals surface area contributed by atoms with E-state index in [0.717, 1.165) is 12.8 Å². The summed E-state index contributed by atoms with van der Waals surface area (Å²) in [6.45, 7) is 5.75. The van der Waals surface area contributed by atoms with Gasteiger partial charge in [0.05, 0.1) is 5.56 Å². The molecule has 3 atom stereocenters. The zero-order valence-electron chi connectivity index (χ0n) is 12.9. The second-order valence-corrected chi connectivity index (χ2v) is 5.94. The van der Waals surface area contributed by atoms with Gasteiger partial charge in [0.15, 0.2) is 0 Å². The van der Waals surface area contributed by atoms with Crippen LogP contribution < -0.4 is 10.1 Å². The summed E-state index contributed by atoms with van der Waals surface area (Å²) >= 11 is 0. The molecule has 4 nitrogen and oxygen atoms in total. The van der Waals surface area contributed by atoms with Crippen molar-refractivity contribution >= 4 is 11.9 Å². The highest BCUT2D eigenvalue weighted by Crippen LogP contribution is 2.30. The predicted molar refractivity (Wildman–Crippen MR) is 81.2 cm³/mol. The Balaban J connectivity index is 2.11. The van der Waals surface area contributed by atoms with Crippen LogP contribution in [-0.4, -0.2) is 17.9 Å². The molecule has 2 rings (SSSR count). The number of amides is 1. The summed E-state index contributed by atoms with van der Waals surface area (Å²) in [4.78, 5) is 23.6. The SMILES string of the molecule is CC(=O)Oc1ccccc1C(=O)NC1CCCC(C)C1C. The van der Waals surface area contributed by atoms with Crippen LogP contribution in [-0.2, 0) is 4.79 Å². The molecule has 1 fully saturated rings. The molecule has 1 aromatic rings. The smallest absolute Gasteiger partial charge is 0.308 e. The first kappa shape index (κ1) is 15.5. The molecule has 0 spiro atoms. The van der Waals surface area contributed by atoms with Crippen LogP contribution in [0.15, 0.2) is 24.3 Å². The molecule has 4 heteroatoms. The molecular formula is C17H23NO3. The highest BCUT2D eigenvalue weighted by atomic mass is 16.5. The monoisotopic (exact) mass is 289 g/mol. The Labute approximate surface area is 125 Å². The van der Waals surface area contributed by atoms with E-state index >= 15 is 0 Å². The van der Waals surface area contributed by atoms with Crippen molar-refractivity contribution in [3.8, 4) is 5.75 Å². The number of ether oxygens (including phenoxy) is 1. The summed E-state index contributed by atoms with van der Waals surface area (Å²) < 4.78 is 5.10. The predicted octanol–water partition coefficient (Wildman–Crippen LogP) is 3.17. The molecule has 1 aromatic carbocycles. The van der Waals surface area contributed by atoms with Gasteiger partial charge in [0.25, 0.3) is 5.91 Å². The van der Waals surface area contributed by atoms with Gasteiger partial charge in [-0.15, -0.1) is 0 Å². The van der Waals surface area contributed by atoms with E-state index in [1.807, 2.05) is 0 Å². The van der Waals surface area contributed by atoms with Gasteiger partial charge in [0, 0.05) is 13.0 Å².